The standard InChI is InChI=1S/C21H29N5O3/c1-16-18(20(28)24-21(23-16)26-12-14-29-15-13-26)8-9-19(27)22-10-11-25(2)17-6-4-3-5-7-17/h3-7H,8-15H2,1-2H3,(H,22,27)(H,23,24,28). The van der Waals surface area contributed by atoms with Crippen LogP contribution in [0.15, 0.2) is 35.1 Å². The average molecular weight is 399 g/mol. The van der Waals surface area contributed by atoms with E-state index in [1.165, 1.54) is 0 Å². The Bertz CT molecular complexity index is 862. The maximum absolute atomic E-state index is 12.5. The summed E-state index contributed by atoms with van der Waals surface area (Å²) < 4.78 is 5.33. The number of rotatable bonds is 8. The van der Waals surface area contributed by atoms with Crippen LogP contribution < -0.4 is 20.7 Å². The number of benzene rings is 1. The summed E-state index contributed by atoms with van der Waals surface area (Å²) in [5, 5.41) is 2.92. The number of nitrogens with zero attached hydrogens (tertiary/aromatic N) is 3. The van der Waals surface area contributed by atoms with E-state index in [0.29, 0.717) is 63.0 Å². The second-order valence-electron chi connectivity index (χ2n) is 7.16. The first kappa shape index (κ1) is 20.9. The minimum atomic E-state index is -0.171. The molecule has 0 atom stereocenters. The molecule has 1 saturated heterocycles. The van der Waals surface area contributed by atoms with Gasteiger partial charge in [0.1, 0.15) is 0 Å². The van der Waals surface area contributed by atoms with E-state index in [-0.39, 0.29) is 17.9 Å². The third kappa shape index (κ3) is 5.80. The lowest BCUT2D eigenvalue weighted by molar-refractivity contribution is -0.120. The van der Waals surface area contributed by atoms with Crippen molar-refractivity contribution in [2.75, 3.05) is 56.2 Å². The van der Waals surface area contributed by atoms with E-state index in [2.05, 4.69) is 20.2 Å². The minimum Gasteiger partial charge on any atom is -0.378 e. The zero-order valence-corrected chi connectivity index (χ0v) is 17.1. The normalized spacial score (nSPS) is 13.9. The Hall–Kier alpha value is -2.87. The molecule has 1 aliphatic rings. The van der Waals surface area contributed by atoms with Crippen LogP contribution in [0.2, 0.25) is 0 Å². The molecule has 29 heavy (non-hydrogen) atoms. The number of hydrogen-bond donors (Lipinski definition) is 2. The number of amides is 1. The fourth-order valence-electron chi connectivity index (χ4n) is 3.32. The van der Waals surface area contributed by atoms with Crippen LogP contribution in [0.1, 0.15) is 17.7 Å². The molecule has 156 valence electrons. The van der Waals surface area contributed by atoms with E-state index in [0.717, 1.165) is 5.69 Å². The number of ether oxygens (including phenoxy) is 1. The van der Waals surface area contributed by atoms with E-state index < -0.39 is 0 Å². The number of likely N-dealkylation sites (N-methyl/N-ethyl adjacent to an activating group) is 1. The molecule has 0 radical (unpaired) electrons. The van der Waals surface area contributed by atoms with Crippen molar-refractivity contribution in [3.63, 3.8) is 0 Å². The molecule has 2 N–H and O–H groups in total. The fraction of sp³-hybridized carbons (Fsp3) is 0.476. The minimum absolute atomic E-state index is 0.0671. The third-order valence-electron chi connectivity index (χ3n) is 5.09. The van der Waals surface area contributed by atoms with Crippen molar-refractivity contribution < 1.29 is 9.53 Å². The molecule has 0 unspecified atom stereocenters. The zero-order valence-electron chi connectivity index (χ0n) is 17.1. The summed E-state index contributed by atoms with van der Waals surface area (Å²) in [5.74, 6) is 0.510. The van der Waals surface area contributed by atoms with E-state index in [1.54, 1.807) is 0 Å². The Morgan fingerprint density at radius 1 is 1.28 bits per heavy atom. The summed E-state index contributed by atoms with van der Waals surface area (Å²) in [6, 6.07) is 10.0. The first-order valence-electron chi connectivity index (χ1n) is 10.00. The molecule has 1 fully saturated rings. The van der Waals surface area contributed by atoms with Gasteiger partial charge in [0.15, 0.2) is 0 Å². The highest BCUT2D eigenvalue weighted by molar-refractivity contribution is 5.76. The summed E-state index contributed by atoms with van der Waals surface area (Å²) in [7, 11) is 1.99. The van der Waals surface area contributed by atoms with Crippen LogP contribution in [0.3, 0.4) is 0 Å². The molecule has 0 bridgehead atoms. The van der Waals surface area contributed by atoms with Crippen LogP contribution in [-0.4, -0.2) is 62.3 Å². The van der Waals surface area contributed by atoms with Gasteiger partial charge in [0.25, 0.3) is 5.56 Å². The molecular weight excluding hydrogens is 370 g/mol. The van der Waals surface area contributed by atoms with E-state index in [4.69, 9.17) is 4.74 Å². The number of anilines is 2. The van der Waals surface area contributed by atoms with Crippen molar-refractivity contribution in [1.82, 2.24) is 15.3 Å². The van der Waals surface area contributed by atoms with E-state index in [9.17, 15) is 9.59 Å². The highest BCUT2D eigenvalue weighted by Gasteiger charge is 2.16. The van der Waals surface area contributed by atoms with Gasteiger partial charge in [0.2, 0.25) is 11.9 Å². The predicted molar refractivity (Wildman–Crippen MR) is 114 cm³/mol. The fourth-order valence-corrected chi connectivity index (χ4v) is 3.32. The van der Waals surface area contributed by atoms with Gasteiger partial charge >= 0.3 is 0 Å². The number of carbonyl (C=O) groups excluding carboxylic acids is 1. The molecule has 1 aromatic carbocycles. The predicted octanol–water partition coefficient (Wildman–Crippen LogP) is 1.10. The molecule has 0 spiro atoms. The molecule has 8 nitrogen and oxygen atoms in total. The number of para-hydroxylation sites is 1. The molecule has 1 amide bonds. The molecular formula is C21H29N5O3. The van der Waals surface area contributed by atoms with Crippen LogP contribution >= 0.6 is 0 Å². The number of aryl methyl sites for hydroxylation is 1. The highest BCUT2D eigenvalue weighted by atomic mass is 16.5. The van der Waals surface area contributed by atoms with Gasteiger partial charge < -0.3 is 19.9 Å². The number of morpholine rings is 1. The van der Waals surface area contributed by atoms with Crippen LogP contribution in [0.4, 0.5) is 11.6 Å². The number of carbonyl (C=O) groups is 1. The van der Waals surface area contributed by atoms with E-state index >= 15 is 0 Å². The van der Waals surface area contributed by atoms with Gasteiger partial charge in [-0.25, -0.2) is 4.98 Å². The Morgan fingerprint density at radius 3 is 2.69 bits per heavy atom. The Morgan fingerprint density at radius 2 is 2.00 bits per heavy atom. The van der Waals surface area contributed by atoms with Crippen molar-refractivity contribution in [3.8, 4) is 0 Å². The summed E-state index contributed by atoms with van der Waals surface area (Å²) in [6.45, 7) is 5.76. The topological polar surface area (TPSA) is 90.6 Å². The highest BCUT2D eigenvalue weighted by Crippen LogP contribution is 2.12. The Labute approximate surface area is 170 Å². The van der Waals surface area contributed by atoms with Gasteiger partial charge in [-0.2, -0.15) is 0 Å². The lowest BCUT2D eigenvalue weighted by Gasteiger charge is -2.27. The SMILES string of the molecule is Cc1nc(N2CCOCC2)[nH]c(=O)c1CCC(=O)NCCN(C)c1ccccc1. The molecule has 8 heteroatoms. The number of aromatic nitrogens is 2. The van der Waals surface area contributed by atoms with Gasteiger partial charge in [-0.1, -0.05) is 18.2 Å². The first-order chi connectivity index (χ1) is 14.0. The van der Waals surface area contributed by atoms with Gasteiger partial charge in [-0.15, -0.1) is 0 Å². The molecule has 0 saturated carbocycles. The van der Waals surface area contributed by atoms with Gasteiger partial charge in [0, 0.05) is 56.6 Å². The second-order valence-corrected chi connectivity index (χ2v) is 7.16. The maximum atomic E-state index is 12.5. The van der Waals surface area contributed by atoms with Gasteiger partial charge in [-0.05, 0) is 25.5 Å². The lowest BCUT2D eigenvalue weighted by atomic mass is 10.1. The summed E-state index contributed by atoms with van der Waals surface area (Å²) in [5.41, 5.74) is 2.18. The van der Waals surface area contributed by atoms with Gasteiger partial charge in [-0.3, -0.25) is 14.6 Å². The van der Waals surface area contributed by atoms with E-state index in [1.807, 2.05) is 49.2 Å². The molecule has 3 rings (SSSR count). The molecule has 2 aromatic rings. The van der Waals surface area contributed by atoms with Crippen molar-refractivity contribution >= 4 is 17.5 Å². The van der Waals surface area contributed by atoms with Crippen LogP contribution in [-0.2, 0) is 16.0 Å². The third-order valence-corrected chi connectivity index (χ3v) is 5.09. The molecule has 0 aliphatic carbocycles. The number of nitrogens with one attached hydrogen (secondary N) is 2. The van der Waals surface area contributed by atoms with Crippen LogP contribution in [0, 0.1) is 6.92 Å². The lowest BCUT2D eigenvalue weighted by Crippen LogP contribution is -2.38. The average Bonchev–Trinajstić information content (AvgIpc) is 2.74. The first-order valence-corrected chi connectivity index (χ1v) is 10.00. The Kier molecular flexibility index (Phi) is 7.24. The smallest absolute Gasteiger partial charge is 0.255 e. The summed E-state index contributed by atoms with van der Waals surface area (Å²) in [6.07, 6.45) is 0.634. The molecule has 1 aliphatic heterocycles. The maximum Gasteiger partial charge on any atom is 0.255 e. The quantitative estimate of drug-likeness (QED) is 0.691. The zero-order chi connectivity index (χ0) is 20.6. The van der Waals surface area contributed by atoms with Crippen LogP contribution in [0.25, 0.3) is 0 Å². The van der Waals surface area contributed by atoms with Crippen molar-refractivity contribution in [2.45, 2.75) is 19.8 Å². The summed E-state index contributed by atoms with van der Waals surface area (Å²) >= 11 is 0. The van der Waals surface area contributed by atoms with Crippen molar-refractivity contribution in [2.24, 2.45) is 0 Å². The summed E-state index contributed by atoms with van der Waals surface area (Å²) in [4.78, 5) is 36.2. The number of aromatic amines is 1. The number of hydrogen-bond acceptors (Lipinski definition) is 6. The van der Waals surface area contributed by atoms with Crippen LogP contribution in [0.5, 0.6) is 0 Å². The number of H-pyrrole nitrogens is 1. The monoisotopic (exact) mass is 399 g/mol. The second kappa shape index (κ2) is 10.1. The Balaban J connectivity index is 1.47. The van der Waals surface area contributed by atoms with Crippen molar-refractivity contribution in [3.05, 3.63) is 51.9 Å². The van der Waals surface area contributed by atoms with Crippen molar-refractivity contribution in [1.29, 1.82) is 0 Å². The van der Waals surface area contributed by atoms with Gasteiger partial charge in [0.05, 0.1) is 13.2 Å². The molecule has 1 aromatic heterocycles. The molecule has 2 heterocycles. The largest absolute Gasteiger partial charge is 0.378 e.